The maximum Gasteiger partial charge on any atom is 0.251 e. The first-order chi connectivity index (χ1) is 8.52. The first kappa shape index (κ1) is 14.8. The molecular weight excluding hydrogens is 250 g/mol. The van der Waals surface area contributed by atoms with Crippen LogP contribution in [-0.2, 0) is 0 Å². The van der Waals surface area contributed by atoms with Crippen LogP contribution >= 0.6 is 11.6 Å². The van der Waals surface area contributed by atoms with Gasteiger partial charge in [-0.3, -0.25) is 4.79 Å². The third-order valence-electron chi connectivity index (χ3n) is 2.34. The van der Waals surface area contributed by atoms with Crippen LogP contribution < -0.4 is 10.1 Å². The lowest BCUT2D eigenvalue weighted by atomic mass is 10.1. The average molecular weight is 270 g/mol. The minimum absolute atomic E-state index is 0.0961. The third kappa shape index (κ3) is 4.96. The lowest BCUT2D eigenvalue weighted by molar-refractivity contribution is 0.0948. The molecule has 0 fully saturated rings. The van der Waals surface area contributed by atoms with Gasteiger partial charge in [0.1, 0.15) is 5.75 Å². The van der Waals surface area contributed by atoms with E-state index in [4.69, 9.17) is 16.3 Å². The van der Waals surface area contributed by atoms with Crippen LogP contribution in [0.15, 0.2) is 24.3 Å². The van der Waals surface area contributed by atoms with Crippen molar-refractivity contribution in [2.75, 3.05) is 12.4 Å². The van der Waals surface area contributed by atoms with Crippen LogP contribution in [0.3, 0.4) is 0 Å². The van der Waals surface area contributed by atoms with E-state index in [0.29, 0.717) is 23.7 Å². The van der Waals surface area contributed by atoms with E-state index in [0.717, 1.165) is 0 Å². The van der Waals surface area contributed by atoms with Crippen molar-refractivity contribution < 1.29 is 9.53 Å². The Bertz CT molecular complexity index is 393. The summed E-state index contributed by atoms with van der Waals surface area (Å²) in [6, 6.07) is 7.18. The molecule has 0 saturated heterocycles. The Labute approximate surface area is 113 Å². The van der Waals surface area contributed by atoms with Crippen molar-refractivity contribution in [2.24, 2.45) is 5.92 Å². The summed E-state index contributed by atoms with van der Waals surface area (Å²) in [6.45, 7) is 6.48. The summed E-state index contributed by atoms with van der Waals surface area (Å²) in [5.74, 6) is 1.42. The van der Waals surface area contributed by atoms with Gasteiger partial charge in [0.05, 0.1) is 6.10 Å². The second-order valence-electron chi connectivity index (χ2n) is 4.66. The lowest BCUT2D eigenvalue weighted by Gasteiger charge is -2.12. The van der Waals surface area contributed by atoms with Crippen molar-refractivity contribution in [1.82, 2.24) is 5.32 Å². The standard InChI is InChI=1S/C14H20ClNO2/c1-10(2)18-13-6-4-5-12(7-13)14(17)16-9-11(3)8-15/h4-7,10-11H,8-9H2,1-3H3,(H,16,17). The van der Waals surface area contributed by atoms with E-state index < -0.39 is 0 Å². The second-order valence-corrected chi connectivity index (χ2v) is 4.97. The molecule has 0 radical (unpaired) electrons. The van der Waals surface area contributed by atoms with Gasteiger partial charge in [0, 0.05) is 18.0 Å². The molecule has 0 aromatic heterocycles. The van der Waals surface area contributed by atoms with Crippen LogP contribution in [0.4, 0.5) is 0 Å². The number of alkyl halides is 1. The molecule has 0 aliphatic heterocycles. The molecule has 3 nitrogen and oxygen atoms in total. The van der Waals surface area contributed by atoms with Crippen molar-refractivity contribution >= 4 is 17.5 Å². The molecule has 0 saturated carbocycles. The Morgan fingerprint density at radius 1 is 1.39 bits per heavy atom. The van der Waals surface area contributed by atoms with Crippen LogP contribution in [0, 0.1) is 5.92 Å². The topological polar surface area (TPSA) is 38.3 Å². The SMILES string of the molecule is CC(CCl)CNC(=O)c1cccc(OC(C)C)c1. The molecule has 1 unspecified atom stereocenters. The second kappa shape index (κ2) is 7.27. The van der Waals surface area contributed by atoms with Crippen molar-refractivity contribution in [1.29, 1.82) is 0 Å². The summed E-state index contributed by atoms with van der Waals surface area (Å²) < 4.78 is 5.55. The molecule has 0 spiro atoms. The number of ether oxygens (including phenoxy) is 1. The number of nitrogens with one attached hydrogen (secondary N) is 1. The van der Waals surface area contributed by atoms with Crippen molar-refractivity contribution in [3.63, 3.8) is 0 Å². The number of benzene rings is 1. The molecule has 1 atom stereocenters. The Kier molecular flexibility index (Phi) is 5.99. The molecule has 1 amide bonds. The first-order valence-electron chi connectivity index (χ1n) is 6.13. The van der Waals surface area contributed by atoms with Gasteiger partial charge in [0.15, 0.2) is 0 Å². The fourth-order valence-electron chi connectivity index (χ4n) is 1.41. The number of hydrogen-bond donors (Lipinski definition) is 1. The molecule has 18 heavy (non-hydrogen) atoms. The summed E-state index contributed by atoms with van der Waals surface area (Å²) in [7, 11) is 0. The molecule has 0 aliphatic rings. The maximum atomic E-state index is 11.9. The van der Waals surface area contributed by atoms with E-state index in [2.05, 4.69) is 5.32 Å². The minimum Gasteiger partial charge on any atom is -0.491 e. The van der Waals surface area contributed by atoms with E-state index in [9.17, 15) is 4.79 Å². The summed E-state index contributed by atoms with van der Waals surface area (Å²) in [5.41, 5.74) is 0.606. The highest BCUT2D eigenvalue weighted by Crippen LogP contribution is 2.14. The molecule has 1 rings (SSSR count). The lowest BCUT2D eigenvalue weighted by Crippen LogP contribution is -2.28. The maximum absolute atomic E-state index is 11.9. The molecule has 100 valence electrons. The summed E-state index contributed by atoms with van der Waals surface area (Å²) in [6.07, 6.45) is 0.0968. The van der Waals surface area contributed by atoms with E-state index in [1.807, 2.05) is 32.9 Å². The van der Waals surface area contributed by atoms with Gasteiger partial charge in [-0.1, -0.05) is 13.0 Å². The van der Waals surface area contributed by atoms with Gasteiger partial charge in [-0.15, -0.1) is 11.6 Å². The van der Waals surface area contributed by atoms with Crippen LogP contribution in [-0.4, -0.2) is 24.4 Å². The number of hydrogen-bond acceptors (Lipinski definition) is 2. The van der Waals surface area contributed by atoms with Crippen LogP contribution in [0.5, 0.6) is 5.75 Å². The molecule has 1 aromatic carbocycles. The van der Waals surface area contributed by atoms with Gasteiger partial charge in [0.2, 0.25) is 0 Å². The van der Waals surface area contributed by atoms with E-state index in [-0.39, 0.29) is 17.9 Å². The molecule has 0 heterocycles. The molecule has 1 aromatic rings. The quantitative estimate of drug-likeness (QED) is 0.806. The molecule has 0 bridgehead atoms. The van der Waals surface area contributed by atoms with E-state index >= 15 is 0 Å². The fourth-order valence-corrected chi connectivity index (χ4v) is 1.52. The summed E-state index contributed by atoms with van der Waals surface area (Å²) >= 11 is 5.69. The van der Waals surface area contributed by atoms with Crippen LogP contribution in [0.2, 0.25) is 0 Å². The van der Waals surface area contributed by atoms with Gasteiger partial charge in [0.25, 0.3) is 5.91 Å². The third-order valence-corrected chi connectivity index (χ3v) is 2.87. The van der Waals surface area contributed by atoms with Crippen molar-refractivity contribution in [3.05, 3.63) is 29.8 Å². The number of halogens is 1. The van der Waals surface area contributed by atoms with Gasteiger partial charge >= 0.3 is 0 Å². The van der Waals surface area contributed by atoms with Gasteiger partial charge in [-0.2, -0.15) is 0 Å². The molecule has 4 heteroatoms. The minimum atomic E-state index is -0.0961. The average Bonchev–Trinajstić information content (AvgIpc) is 2.35. The number of carbonyl (C=O) groups is 1. The predicted molar refractivity (Wildman–Crippen MR) is 74.4 cm³/mol. The highest BCUT2D eigenvalue weighted by atomic mass is 35.5. The highest BCUT2D eigenvalue weighted by molar-refractivity contribution is 6.18. The zero-order valence-electron chi connectivity index (χ0n) is 11.1. The molecular formula is C14H20ClNO2. The zero-order valence-corrected chi connectivity index (χ0v) is 11.8. The molecule has 1 N–H and O–H groups in total. The largest absolute Gasteiger partial charge is 0.491 e. The Morgan fingerprint density at radius 3 is 2.72 bits per heavy atom. The normalized spacial score (nSPS) is 12.3. The van der Waals surface area contributed by atoms with Gasteiger partial charge in [-0.25, -0.2) is 0 Å². The van der Waals surface area contributed by atoms with Crippen LogP contribution in [0.25, 0.3) is 0 Å². The first-order valence-corrected chi connectivity index (χ1v) is 6.67. The van der Waals surface area contributed by atoms with E-state index in [1.54, 1.807) is 12.1 Å². The van der Waals surface area contributed by atoms with E-state index in [1.165, 1.54) is 0 Å². The van der Waals surface area contributed by atoms with Gasteiger partial charge in [-0.05, 0) is 38.0 Å². The zero-order chi connectivity index (χ0) is 13.5. The number of amides is 1. The Balaban J connectivity index is 2.62. The Morgan fingerprint density at radius 2 is 2.11 bits per heavy atom. The number of carbonyl (C=O) groups excluding carboxylic acids is 1. The highest BCUT2D eigenvalue weighted by Gasteiger charge is 2.08. The van der Waals surface area contributed by atoms with Crippen LogP contribution in [0.1, 0.15) is 31.1 Å². The predicted octanol–water partition coefficient (Wildman–Crippen LogP) is 3.08. The molecule has 0 aliphatic carbocycles. The Hall–Kier alpha value is -1.22. The monoisotopic (exact) mass is 269 g/mol. The fraction of sp³-hybridized carbons (Fsp3) is 0.500. The smallest absolute Gasteiger partial charge is 0.251 e. The summed E-state index contributed by atoms with van der Waals surface area (Å²) in [5, 5.41) is 2.85. The van der Waals surface area contributed by atoms with Gasteiger partial charge < -0.3 is 10.1 Å². The number of rotatable bonds is 6. The van der Waals surface area contributed by atoms with Crippen molar-refractivity contribution in [2.45, 2.75) is 26.9 Å². The van der Waals surface area contributed by atoms with Crippen molar-refractivity contribution in [3.8, 4) is 5.75 Å². The summed E-state index contributed by atoms with van der Waals surface area (Å²) in [4.78, 5) is 11.9.